The van der Waals surface area contributed by atoms with E-state index >= 15 is 0 Å². The fraction of sp³-hybridized carbons (Fsp3) is 0.389. The Labute approximate surface area is 134 Å². The number of rotatable bonds is 3. The molecule has 0 saturated carbocycles. The monoisotopic (exact) mass is 314 g/mol. The number of amides is 1. The number of hydrogen-bond acceptors (Lipinski definition) is 3. The molecular formula is C18H19FN2O2. The van der Waals surface area contributed by atoms with Gasteiger partial charge in [0, 0.05) is 31.7 Å². The molecule has 120 valence electrons. The third kappa shape index (κ3) is 2.55. The SMILES string of the molecule is O=C(c1ccoc1)N1CC[C@]2(CCN2Cc2ccc(F)cc2)C1. The summed E-state index contributed by atoms with van der Waals surface area (Å²) in [7, 11) is 0. The first-order valence-electron chi connectivity index (χ1n) is 7.97. The van der Waals surface area contributed by atoms with Crippen LogP contribution in [0.2, 0.25) is 0 Å². The average molecular weight is 314 g/mol. The van der Waals surface area contributed by atoms with Gasteiger partial charge in [-0.15, -0.1) is 0 Å². The van der Waals surface area contributed by atoms with Crippen LogP contribution in [0.4, 0.5) is 4.39 Å². The van der Waals surface area contributed by atoms with Crippen LogP contribution in [-0.2, 0) is 6.54 Å². The Kier molecular flexibility index (Phi) is 3.45. The molecule has 0 N–H and O–H groups in total. The predicted molar refractivity (Wildman–Crippen MR) is 83.4 cm³/mol. The zero-order valence-electron chi connectivity index (χ0n) is 12.9. The van der Waals surface area contributed by atoms with Crippen molar-refractivity contribution < 1.29 is 13.6 Å². The fourth-order valence-corrected chi connectivity index (χ4v) is 3.70. The van der Waals surface area contributed by atoms with E-state index in [1.807, 2.05) is 17.0 Å². The van der Waals surface area contributed by atoms with Crippen LogP contribution >= 0.6 is 0 Å². The summed E-state index contributed by atoms with van der Waals surface area (Å²) in [6.45, 7) is 3.39. The van der Waals surface area contributed by atoms with E-state index in [0.717, 1.165) is 44.6 Å². The molecule has 0 radical (unpaired) electrons. The number of nitrogens with zero attached hydrogens (tertiary/aromatic N) is 2. The Hall–Kier alpha value is -2.14. The minimum atomic E-state index is -0.204. The molecule has 2 aromatic rings. The van der Waals surface area contributed by atoms with Crippen LogP contribution in [0.5, 0.6) is 0 Å². The molecule has 1 amide bonds. The standard InChI is InChI=1S/C18H19FN2O2/c19-16-3-1-14(2-4-16)11-21-9-7-18(21)6-8-20(13-18)17(22)15-5-10-23-12-15/h1-5,10,12H,6-9,11,13H2/t18-/m0/s1. The van der Waals surface area contributed by atoms with Crippen LogP contribution in [0, 0.1) is 5.82 Å². The van der Waals surface area contributed by atoms with Crippen LogP contribution in [-0.4, -0.2) is 40.9 Å². The number of hydrogen-bond donors (Lipinski definition) is 0. The Morgan fingerprint density at radius 1 is 1.17 bits per heavy atom. The van der Waals surface area contributed by atoms with Crippen molar-refractivity contribution in [3.05, 3.63) is 59.8 Å². The number of benzene rings is 1. The summed E-state index contributed by atoms with van der Waals surface area (Å²) < 4.78 is 18.0. The van der Waals surface area contributed by atoms with E-state index in [9.17, 15) is 9.18 Å². The van der Waals surface area contributed by atoms with Gasteiger partial charge in [0.05, 0.1) is 11.8 Å². The predicted octanol–water partition coefficient (Wildman–Crippen LogP) is 2.91. The van der Waals surface area contributed by atoms with Gasteiger partial charge < -0.3 is 9.32 Å². The zero-order chi connectivity index (χ0) is 15.9. The van der Waals surface area contributed by atoms with Gasteiger partial charge in [-0.25, -0.2) is 4.39 Å². The van der Waals surface area contributed by atoms with Crippen LogP contribution in [0.25, 0.3) is 0 Å². The zero-order valence-corrected chi connectivity index (χ0v) is 12.9. The van der Waals surface area contributed by atoms with Crippen molar-refractivity contribution in [3.8, 4) is 0 Å². The smallest absolute Gasteiger partial charge is 0.257 e. The lowest BCUT2D eigenvalue weighted by Crippen LogP contribution is -2.60. The van der Waals surface area contributed by atoms with Gasteiger partial charge in [-0.1, -0.05) is 12.1 Å². The highest BCUT2D eigenvalue weighted by Crippen LogP contribution is 2.40. The second kappa shape index (κ2) is 5.49. The molecule has 0 aliphatic carbocycles. The first-order chi connectivity index (χ1) is 11.2. The van der Waals surface area contributed by atoms with Crippen molar-refractivity contribution in [1.82, 2.24) is 9.80 Å². The Balaban J connectivity index is 1.43. The first kappa shape index (κ1) is 14.5. The molecule has 1 aromatic heterocycles. The molecule has 3 heterocycles. The van der Waals surface area contributed by atoms with Crippen molar-refractivity contribution in [2.24, 2.45) is 0 Å². The lowest BCUT2D eigenvalue weighted by Gasteiger charge is -2.50. The minimum Gasteiger partial charge on any atom is -0.472 e. The highest BCUT2D eigenvalue weighted by atomic mass is 19.1. The second-order valence-electron chi connectivity index (χ2n) is 6.51. The van der Waals surface area contributed by atoms with Gasteiger partial charge in [-0.2, -0.15) is 0 Å². The topological polar surface area (TPSA) is 36.7 Å². The highest BCUT2D eigenvalue weighted by molar-refractivity contribution is 5.94. The molecule has 5 heteroatoms. The molecule has 23 heavy (non-hydrogen) atoms. The molecular weight excluding hydrogens is 295 g/mol. The lowest BCUT2D eigenvalue weighted by molar-refractivity contribution is -0.0131. The van der Waals surface area contributed by atoms with E-state index in [1.54, 1.807) is 6.07 Å². The van der Waals surface area contributed by atoms with E-state index in [-0.39, 0.29) is 17.3 Å². The largest absolute Gasteiger partial charge is 0.472 e. The van der Waals surface area contributed by atoms with E-state index in [1.165, 1.54) is 24.7 Å². The highest BCUT2D eigenvalue weighted by Gasteiger charge is 2.50. The van der Waals surface area contributed by atoms with Crippen LogP contribution in [0.15, 0.2) is 47.3 Å². The van der Waals surface area contributed by atoms with Crippen molar-refractivity contribution in [2.75, 3.05) is 19.6 Å². The summed E-state index contributed by atoms with van der Waals surface area (Å²) in [6.07, 6.45) is 5.15. The van der Waals surface area contributed by atoms with Crippen LogP contribution < -0.4 is 0 Å². The maximum atomic E-state index is 13.0. The number of halogens is 1. The summed E-state index contributed by atoms with van der Waals surface area (Å²) in [6, 6.07) is 8.40. The Morgan fingerprint density at radius 2 is 1.96 bits per heavy atom. The minimum absolute atomic E-state index is 0.0456. The summed E-state index contributed by atoms with van der Waals surface area (Å²) in [5.74, 6) is -0.158. The van der Waals surface area contributed by atoms with Crippen LogP contribution in [0.3, 0.4) is 0 Å². The fourth-order valence-electron chi connectivity index (χ4n) is 3.70. The Bertz CT molecular complexity index is 698. The van der Waals surface area contributed by atoms with E-state index in [0.29, 0.717) is 5.56 Å². The van der Waals surface area contributed by atoms with E-state index in [4.69, 9.17) is 4.42 Å². The molecule has 2 saturated heterocycles. The summed E-state index contributed by atoms with van der Waals surface area (Å²) in [4.78, 5) is 16.8. The molecule has 2 aliphatic heterocycles. The van der Waals surface area contributed by atoms with Gasteiger partial charge in [0.25, 0.3) is 5.91 Å². The molecule has 1 spiro atoms. The average Bonchev–Trinajstić information content (AvgIpc) is 3.23. The molecule has 0 unspecified atom stereocenters. The molecule has 1 aromatic carbocycles. The quantitative estimate of drug-likeness (QED) is 0.874. The number of likely N-dealkylation sites (tertiary alicyclic amines) is 2. The third-order valence-corrected chi connectivity index (χ3v) is 5.19. The van der Waals surface area contributed by atoms with E-state index < -0.39 is 0 Å². The number of furan rings is 1. The maximum absolute atomic E-state index is 13.0. The summed E-state index contributed by atoms with van der Waals surface area (Å²) >= 11 is 0. The third-order valence-electron chi connectivity index (χ3n) is 5.19. The van der Waals surface area contributed by atoms with Crippen LogP contribution in [0.1, 0.15) is 28.8 Å². The molecule has 4 rings (SSSR count). The molecule has 4 nitrogen and oxygen atoms in total. The summed E-state index contributed by atoms with van der Waals surface area (Å²) in [5, 5.41) is 0. The normalized spacial score (nSPS) is 24.1. The maximum Gasteiger partial charge on any atom is 0.257 e. The van der Waals surface area contributed by atoms with Gasteiger partial charge in [-0.3, -0.25) is 9.69 Å². The van der Waals surface area contributed by atoms with Gasteiger partial charge in [0.15, 0.2) is 0 Å². The van der Waals surface area contributed by atoms with Crippen molar-refractivity contribution in [1.29, 1.82) is 0 Å². The van der Waals surface area contributed by atoms with Gasteiger partial charge in [-0.05, 0) is 36.6 Å². The van der Waals surface area contributed by atoms with Crippen molar-refractivity contribution in [2.45, 2.75) is 24.9 Å². The first-order valence-corrected chi connectivity index (χ1v) is 7.97. The second-order valence-corrected chi connectivity index (χ2v) is 6.51. The molecule has 2 aliphatic rings. The van der Waals surface area contributed by atoms with Crippen molar-refractivity contribution in [3.63, 3.8) is 0 Å². The van der Waals surface area contributed by atoms with Gasteiger partial charge in [0.2, 0.25) is 0 Å². The molecule has 1 atom stereocenters. The van der Waals surface area contributed by atoms with Gasteiger partial charge >= 0.3 is 0 Å². The summed E-state index contributed by atoms with van der Waals surface area (Å²) in [5.41, 5.74) is 1.82. The molecule has 2 fully saturated rings. The Morgan fingerprint density at radius 3 is 2.61 bits per heavy atom. The van der Waals surface area contributed by atoms with Crippen molar-refractivity contribution >= 4 is 5.91 Å². The number of carbonyl (C=O) groups excluding carboxylic acids is 1. The number of carbonyl (C=O) groups is 1. The van der Waals surface area contributed by atoms with E-state index in [2.05, 4.69) is 4.90 Å². The van der Waals surface area contributed by atoms with Gasteiger partial charge in [0.1, 0.15) is 12.1 Å². The lowest BCUT2D eigenvalue weighted by atomic mass is 9.83. The molecule has 0 bridgehead atoms.